The molecule has 0 bridgehead atoms. The number of aromatic amines is 1. The zero-order valence-electron chi connectivity index (χ0n) is 25.8. The summed E-state index contributed by atoms with van der Waals surface area (Å²) < 4.78 is 68.4. The van der Waals surface area contributed by atoms with Gasteiger partial charge >= 0.3 is 12.1 Å². The molecule has 0 aliphatic heterocycles. The van der Waals surface area contributed by atoms with Crippen molar-refractivity contribution in [2.75, 3.05) is 28.4 Å². The predicted molar refractivity (Wildman–Crippen MR) is 173 cm³/mol. The fraction of sp³-hybridized carbons (Fsp3) is 0.147. The summed E-state index contributed by atoms with van der Waals surface area (Å²) in [7, 11) is 5.64. The number of hydrogen-bond donors (Lipinski definition) is 2. The van der Waals surface area contributed by atoms with Crippen molar-refractivity contribution in [2.24, 2.45) is 5.10 Å². The quantitative estimate of drug-likeness (QED) is 0.0677. The molecular formula is C34H27ClF3N3O7. The number of halogens is 4. The number of methoxy groups -OCH3 is 4. The van der Waals surface area contributed by atoms with E-state index in [-0.39, 0.29) is 55.7 Å². The zero-order chi connectivity index (χ0) is 34.6. The second-order valence-corrected chi connectivity index (χ2v) is 10.4. The second kappa shape index (κ2) is 14.0. The number of amides is 1. The fourth-order valence-electron chi connectivity index (χ4n) is 5.00. The van der Waals surface area contributed by atoms with Crippen molar-refractivity contribution in [3.8, 4) is 39.9 Å². The van der Waals surface area contributed by atoms with Crippen LogP contribution in [0.1, 0.15) is 32.0 Å². The zero-order valence-corrected chi connectivity index (χ0v) is 26.6. The van der Waals surface area contributed by atoms with Crippen LogP contribution in [-0.4, -0.2) is 51.5 Å². The Morgan fingerprint density at radius 3 is 2.15 bits per heavy atom. The van der Waals surface area contributed by atoms with E-state index < -0.39 is 23.6 Å². The second-order valence-electron chi connectivity index (χ2n) is 9.99. The van der Waals surface area contributed by atoms with E-state index >= 15 is 0 Å². The van der Waals surface area contributed by atoms with E-state index in [2.05, 4.69) is 15.5 Å². The minimum Gasteiger partial charge on any atom is -0.493 e. The number of alkyl halides is 3. The first kappa shape index (κ1) is 33.7. The first-order valence-electron chi connectivity index (χ1n) is 14.0. The van der Waals surface area contributed by atoms with Gasteiger partial charge in [-0.05, 0) is 48.0 Å². The number of esters is 1. The number of hydrazone groups is 1. The molecular weight excluding hydrogens is 655 g/mol. The van der Waals surface area contributed by atoms with Crippen LogP contribution < -0.4 is 29.1 Å². The molecule has 0 spiro atoms. The van der Waals surface area contributed by atoms with Crippen molar-refractivity contribution in [1.82, 2.24) is 10.4 Å². The highest BCUT2D eigenvalue weighted by atomic mass is 35.5. The number of ether oxygens (including phenoxy) is 5. The van der Waals surface area contributed by atoms with Crippen LogP contribution >= 0.6 is 11.6 Å². The summed E-state index contributed by atoms with van der Waals surface area (Å²) in [5, 5.41) is 4.38. The maximum Gasteiger partial charge on any atom is 0.418 e. The third-order valence-corrected chi connectivity index (χ3v) is 7.51. The highest BCUT2D eigenvalue weighted by Crippen LogP contribution is 2.42. The Labute approximate surface area is 277 Å². The number of carbonyl (C=O) groups excluding carboxylic acids is 2. The third-order valence-electron chi connectivity index (χ3n) is 7.18. The minimum atomic E-state index is -4.68. The van der Waals surface area contributed by atoms with E-state index in [4.69, 9.17) is 35.3 Å². The molecule has 1 amide bonds. The van der Waals surface area contributed by atoms with Crippen LogP contribution in [0.2, 0.25) is 5.02 Å². The van der Waals surface area contributed by atoms with Crippen molar-refractivity contribution in [1.29, 1.82) is 0 Å². The average Bonchev–Trinajstić information content (AvgIpc) is 3.47. The molecule has 5 aromatic rings. The molecule has 10 nitrogen and oxygen atoms in total. The van der Waals surface area contributed by atoms with Gasteiger partial charge in [-0.2, -0.15) is 18.3 Å². The van der Waals surface area contributed by atoms with Crippen LogP contribution in [0.4, 0.5) is 13.2 Å². The monoisotopic (exact) mass is 681 g/mol. The van der Waals surface area contributed by atoms with Crippen molar-refractivity contribution in [3.63, 3.8) is 0 Å². The van der Waals surface area contributed by atoms with Crippen LogP contribution in [0.3, 0.4) is 0 Å². The number of fused-ring (bicyclic) bond motifs is 1. The number of nitrogens with zero attached hydrogens (tertiary/aromatic N) is 1. The van der Waals surface area contributed by atoms with Gasteiger partial charge in [0.05, 0.1) is 51.3 Å². The fourth-order valence-corrected chi connectivity index (χ4v) is 5.23. The molecule has 0 unspecified atom stereocenters. The lowest BCUT2D eigenvalue weighted by molar-refractivity contribution is -0.136. The Balaban J connectivity index is 1.40. The van der Waals surface area contributed by atoms with Gasteiger partial charge in [-0.15, -0.1) is 0 Å². The first-order chi connectivity index (χ1) is 23.0. The first-order valence-corrected chi connectivity index (χ1v) is 14.4. The Kier molecular flexibility index (Phi) is 9.80. The van der Waals surface area contributed by atoms with E-state index in [0.717, 1.165) is 6.07 Å². The van der Waals surface area contributed by atoms with E-state index in [1.807, 2.05) is 0 Å². The molecule has 48 heavy (non-hydrogen) atoms. The van der Waals surface area contributed by atoms with E-state index in [0.29, 0.717) is 16.9 Å². The Morgan fingerprint density at radius 2 is 1.52 bits per heavy atom. The highest BCUT2D eigenvalue weighted by molar-refractivity contribution is 6.34. The van der Waals surface area contributed by atoms with Crippen molar-refractivity contribution < 1.29 is 46.4 Å². The highest BCUT2D eigenvalue weighted by Gasteiger charge is 2.35. The molecule has 1 aromatic heterocycles. The molecule has 0 aliphatic carbocycles. The van der Waals surface area contributed by atoms with E-state index in [1.54, 1.807) is 30.3 Å². The lowest BCUT2D eigenvalue weighted by Gasteiger charge is -2.14. The summed E-state index contributed by atoms with van der Waals surface area (Å²) in [6.45, 7) is 0. The lowest BCUT2D eigenvalue weighted by Crippen LogP contribution is -2.19. The SMILES string of the molecule is COc1cc(C=NNC(=O)c2[nH]c3c(C(F)(F)F)cccc3c2-c2ccccc2Cl)ccc1OC(=O)c1cc(OC)c(OC)c(OC)c1. The molecule has 2 N–H and O–H groups in total. The number of aromatic nitrogens is 1. The van der Waals surface area contributed by atoms with Gasteiger partial charge in [0.15, 0.2) is 23.0 Å². The summed E-state index contributed by atoms with van der Waals surface area (Å²) in [5.74, 6) is -0.465. The van der Waals surface area contributed by atoms with Crippen molar-refractivity contribution >= 4 is 40.6 Å². The molecule has 0 atom stereocenters. The summed E-state index contributed by atoms with van der Waals surface area (Å²) >= 11 is 6.40. The van der Waals surface area contributed by atoms with Gasteiger partial charge in [-0.3, -0.25) is 4.79 Å². The van der Waals surface area contributed by atoms with Gasteiger partial charge in [0.1, 0.15) is 5.69 Å². The molecule has 1 heterocycles. The van der Waals surface area contributed by atoms with Gasteiger partial charge in [-0.25, -0.2) is 10.2 Å². The number of benzene rings is 4. The summed E-state index contributed by atoms with van der Waals surface area (Å²) in [5.41, 5.74) is 2.08. The molecule has 0 saturated heterocycles. The van der Waals surface area contributed by atoms with Gasteiger partial charge < -0.3 is 28.7 Å². The molecule has 0 fully saturated rings. The smallest absolute Gasteiger partial charge is 0.418 e. The van der Waals surface area contributed by atoms with Crippen molar-refractivity contribution in [3.05, 3.63) is 100 Å². The topological polar surface area (TPSA) is 120 Å². The average molecular weight is 682 g/mol. The van der Waals surface area contributed by atoms with Crippen LogP contribution in [0.5, 0.6) is 28.7 Å². The van der Waals surface area contributed by atoms with Crippen molar-refractivity contribution in [2.45, 2.75) is 6.18 Å². The number of para-hydroxylation sites is 1. The number of hydrogen-bond acceptors (Lipinski definition) is 8. The molecule has 4 aromatic carbocycles. The molecule has 0 aliphatic rings. The van der Waals surface area contributed by atoms with Crippen LogP contribution in [-0.2, 0) is 6.18 Å². The Bertz CT molecular complexity index is 2020. The predicted octanol–water partition coefficient (Wildman–Crippen LogP) is 7.52. The van der Waals surface area contributed by atoms with Crippen LogP contribution in [0.25, 0.3) is 22.0 Å². The van der Waals surface area contributed by atoms with Gasteiger partial charge in [0, 0.05) is 21.5 Å². The molecule has 5 rings (SSSR count). The number of nitrogens with one attached hydrogen (secondary N) is 2. The van der Waals surface area contributed by atoms with Crippen LogP contribution in [0, 0.1) is 0 Å². The molecule has 0 saturated carbocycles. The minimum absolute atomic E-state index is 0.0837. The maximum absolute atomic E-state index is 13.8. The number of rotatable bonds is 10. The summed E-state index contributed by atoms with van der Waals surface area (Å²) in [6.07, 6.45) is -3.40. The number of H-pyrrole nitrogens is 1. The van der Waals surface area contributed by atoms with E-state index in [9.17, 15) is 22.8 Å². The summed E-state index contributed by atoms with van der Waals surface area (Å²) in [6, 6.07) is 17.5. The third kappa shape index (κ3) is 6.72. The molecule has 14 heteroatoms. The van der Waals surface area contributed by atoms with Crippen LogP contribution in [0.15, 0.2) is 77.9 Å². The molecule has 0 radical (unpaired) electrons. The standard InChI is InChI=1S/C34H27ClF3N3O7/c1-44-25-14-18(12-13-24(25)48-33(43)19-15-26(45-2)31(47-4)27(16-19)46-3)17-39-41-32(42)30-28(20-8-5-6-11-23(20)35)21-9-7-10-22(29(21)40-30)34(36,37)38/h5-17,40H,1-4H3,(H,41,42). The Hall–Kier alpha value is -5.69. The molecule has 248 valence electrons. The van der Waals surface area contributed by atoms with E-state index in [1.165, 1.54) is 71.1 Å². The Morgan fingerprint density at radius 1 is 0.833 bits per heavy atom. The lowest BCUT2D eigenvalue weighted by atomic mass is 10.00. The largest absolute Gasteiger partial charge is 0.493 e. The number of carbonyl (C=O) groups is 2. The van der Waals surface area contributed by atoms with Gasteiger partial charge in [0.2, 0.25) is 5.75 Å². The maximum atomic E-state index is 13.8. The van der Waals surface area contributed by atoms with Gasteiger partial charge in [-0.1, -0.05) is 41.9 Å². The van der Waals surface area contributed by atoms with Gasteiger partial charge in [0.25, 0.3) is 5.91 Å². The summed E-state index contributed by atoms with van der Waals surface area (Å²) in [4.78, 5) is 29.0. The normalized spacial score (nSPS) is 11.4.